The molecule has 3 aromatic rings. The van der Waals surface area contributed by atoms with E-state index in [1.807, 2.05) is 37.3 Å². The Labute approximate surface area is 218 Å². The highest BCUT2D eigenvalue weighted by Crippen LogP contribution is 2.37. The number of hydrogen-bond acceptors (Lipinski definition) is 4. The first-order chi connectivity index (χ1) is 18.2. The molecule has 0 N–H and O–H groups in total. The SMILES string of the molecule is CCOC(=O)CC1CCc2cc(/C=C/c3cccc4c3CN(c3ccc(OC(F)(F)F)cc3)C4=O)ccc21. The van der Waals surface area contributed by atoms with Crippen LogP contribution in [0.15, 0.2) is 60.7 Å². The van der Waals surface area contributed by atoms with Crippen LogP contribution in [0.4, 0.5) is 18.9 Å². The third-order valence-electron chi connectivity index (χ3n) is 6.93. The summed E-state index contributed by atoms with van der Waals surface area (Å²) >= 11 is 0. The average molecular weight is 522 g/mol. The minimum absolute atomic E-state index is 0.165. The molecule has 5 nitrogen and oxygen atoms in total. The number of halogens is 3. The predicted molar refractivity (Wildman–Crippen MR) is 138 cm³/mol. The van der Waals surface area contributed by atoms with Crippen molar-refractivity contribution in [2.45, 2.75) is 45.0 Å². The molecular weight excluding hydrogens is 495 g/mol. The fraction of sp³-hybridized carbons (Fsp3) is 0.267. The standard InChI is InChI=1S/C30H26F3NO4/c1-2-37-28(35)17-22-10-9-21-16-19(7-15-25(21)22)6-8-20-4-3-5-26-27(20)18-34(29(26)36)23-11-13-24(14-12-23)38-30(31,32)33/h3-8,11-16,22H,2,9-10,17-18H2,1H3/b8-6+. The van der Waals surface area contributed by atoms with E-state index in [1.54, 1.807) is 11.0 Å². The molecule has 0 aromatic heterocycles. The number of anilines is 1. The molecule has 0 spiro atoms. The van der Waals surface area contributed by atoms with Gasteiger partial charge in [0.05, 0.1) is 19.6 Å². The van der Waals surface area contributed by atoms with E-state index in [2.05, 4.69) is 16.9 Å². The van der Waals surface area contributed by atoms with Crippen molar-refractivity contribution in [3.63, 3.8) is 0 Å². The summed E-state index contributed by atoms with van der Waals surface area (Å²) in [5.41, 5.74) is 6.28. The van der Waals surface area contributed by atoms with Crippen LogP contribution in [0.5, 0.6) is 5.75 Å². The lowest BCUT2D eigenvalue weighted by Crippen LogP contribution is -2.23. The minimum atomic E-state index is -4.77. The maximum atomic E-state index is 13.1. The number of aryl methyl sites for hydroxylation is 1. The molecule has 196 valence electrons. The Kier molecular flexibility index (Phi) is 6.97. The molecular formula is C30H26F3NO4. The smallest absolute Gasteiger partial charge is 0.466 e. The fourth-order valence-corrected chi connectivity index (χ4v) is 5.20. The molecule has 1 atom stereocenters. The van der Waals surface area contributed by atoms with Gasteiger partial charge < -0.3 is 14.4 Å². The first-order valence-electron chi connectivity index (χ1n) is 12.5. The first kappa shape index (κ1) is 25.6. The van der Waals surface area contributed by atoms with E-state index >= 15 is 0 Å². The minimum Gasteiger partial charge on any atom is -0.466 e. The van der Waals surface area contributed by atoms with Gasteiger partial charge in [-0.1, -0.05) is 42.5 Å². The lowest BCUT2D eigenvalue weighted by atomic mass is 9.96. The molecule has 1 unspecified atom stereocenters. The number of amides is 1. The quantitative estimate of drug-likeness (QED) is 0.251. The molecule has 0 saturated heterocycles. The maximum Gasteiger partial charge on any atom is 0.573 e. The number of nitrogens with zero attached hydrogens (tertiary/aromatic N) is 1. The number of fused-ring (bicyclic) bond motifs is 2. The summed E-state index contributed by atoms with van der Waals surface area (Å²) in [6, 6.07) is 17.1. The van der Waals surface area contributed by atoms with Gasteiger partial charge in [0.25, 0.3) is 5.91 Å². The Balaban J connectivity index is 1.31. The van der Waals surface area contributed by atoms with Crippen LogP contribution in [0.1, 0.15) is 63.9 Å². The summed E-state index contributed by atoms with van der Waals surface area (Å²) in [4.78, 5) is 26.5. The molecule has 1 aliphatic carbocycles. The molecule has 0 saturated carbocycles. The summed E-state index contributed by atoms with van der Waals surface area (Å²) < 4.78 is 46.4. The first-order valence-corrected chi connectivity index (χ1v) is 12.5. The third kappa shape index (κ3) is 5.44. The maximum absolute atomic E-state index is 13.1. The summed E-state index contributed by atoms with van der Waals surface area (Å²) in [6.07, 6.45) is 1.45. The molecule has 5 rings (SSSR count). The van der Waals surface area contributed by atoms with Crippen LogP contribution in [0.3, 0.4) is 0 Å². The van der Waals surface area contributed by atoms with Gasteiger partial charge in [-0.25, -0.2) is 0 Å². The van der Waals surface area contributed by atoms with Gasteiger partial charge in [0.2, 0.25) is 0 Å². The van der Waals surface area contributed by atoms with E-state index in [9.17, 15) is 22.8 Å². The van der Waals surface area contributed by atoms with E-state index in [-0.39, 0.29) is 23.5 Å². The van der Waals surface area contributed by atoms with Gasteiger partial charge >= 0.3 is 12.3 Å². The van der Waals surface area contributed by atoms with E-state index in [4.69, 9.17) is 4.74 Å². The monoisotopic (exact) mass is 521 g/mol. The van der Waals surface area contributed by atoms with Crippen LogP contribution < -0.4 is 9.64 Å². The largest absolute Gasteiger partial charge is 0.573 e. The number of ether oxygens (including phenoxy) is 2. The number of hydrogen-bond donors (Lipinski definition) is 0. The number of alkyl halides is 3. The Bertz CT molecular complexity index is 1400. The van der Waals surface area contributed by atoms with Crippen LogP contribution >= 0.6 is 0 Å². The molecule has 8 heteroatoms. The molecule has 1 aliphatic heterocycles. The van der Waals surface area contributed by atoms with Gasteiger partial charge in [0.1, 0.15) is 5.75 Å². The highest BCUT2D eigenvalue weighted by atomic mass is 19.4. The van der Waals surface area contributed by atoms with Gasteiger partial charge in [-0.05, 0) is 83.8 Å². The molecule has 38 heavy (non-hydrogen) atoms. The average Bonchev–Trinajstić information content (AvgIpc) is 3.43. The second-order valence-corrected chi connectivity index (χ2v) is 9.34. The van der Waals surface area contributed by atoms with Crippen LogP contribution in [0, 0.1) is 0 Å². The molecule has 2 aliphatic rings. The van der Waals surface area contributed by atoms with Gasteiger partial charge in [-0.3, -0.25) is 9.59 Å². The topological polar surface area (TPSA) is 55.8 Å². The van der Waals surface area contributed by atoms with Crippen molar-refractivity contribution >= 4 is 29.7 Å². The van der Waals surface area contributed by atoms with Crippen LogP contribution in [-0.2, 0) is 22.5 Å². The molecule has 1 amide bonds. The van der Waals surface area contributed by atoms with Crippen molar-refractivity contribution in [1.82, 2.24) is 0 Å². The number of rotatable bonds is 7. The zero-order chi connectivity index (χ0) is 26.9. The lowest BCUT2D eigenvalue weighted by Gasteiger charge is -2.16. The van der Waals surface area contributed by atoms with Gasteiger partial charge in [0.15, 0.2) is 0 Å². The van der Waals surface area contributed by atoms with Gasteiger partial charge in [0, 0.05) is 11.3 Å². The van der Waals surface area contributed by atoms with Crippen molar-refractivity contribution in [2.24, 2.45) is 0 Å². The van der Waals surface area contributed by atoms with Crippen molar-refractivity contribution in [3.8, 4) is 5.75 Å². The van der Waals surface area contributed by atoms with E-state index < -0.39 is 6.36 Å². The van der Waals surface area contributed by atoms with Crippen LogP contribution in [0.2, 0.25) is 0 Å². The number of carbonyl (C=O) groups is 2. The second-order valence-electron chi connectivity index (χ2n) is 9.34. The molecule has 3 aromatic carbocycles. The highest BCUT2D eigenvalue weighted by Gasteiger charge is 2.32. The van der Waals surface area contributed by atoms with Crippen LogP contribution in [0.25, 0.3) is 12.2 Å². The normalized spacial score (nSPS) is 16.6. The molecule has 0 fully saturated rings. The highest BCUT2D eigenvalue weighted by molar-refractivity contribution is 6.10. The lowest BCUT2D eigenvalue weighted by molar-refractivity contribution is -0.274. The Morgan fingerprint density at radius 1 is 1.08 bits per heavy atom. The summed E-state index contributed by atoms with van der Waals surface area (Å²) in [5, 5.41) is 0. The summed E-state index contributed by atoms with van der Waals surface area (Å²) in [6.45, 7) is 2.51. The second kappa shape index (κ2) is 10.4. The van der Waals surface area contributed by atoms with Crippen molar-refractivity contribution in [3.05, 3.63) is 94.0 Å². The van der Waals surface area contributed by atoms with E-state index in [0.717, 1.165) is 29.5 Å². The van der Waals surface area contributed by atoms with E-state index in [0.29, 0.717) is 30.8 Å². The summed E-state index contributed by atoms with van der Waals surface area (Å²) in [5.74, 6) is -0.521. The molecule has 1 heterocycles. The fourth-order valence-electron chi connectivity index (χ4n) is 5.20. The van der Waals surface area contributed by atoms with Crippen LogP contribution in [-0.4, -0.2) is 24.8 Å². The Morgan fingerprint density at radius 3 is 2.61 bits per heavy atom. The van der Waals surface area contributed by atoms with Crippen molar-refractivity contribution < 1.29 is 32.2 Å². The molecule has 0 bridgehead atoms. The number of esters is 1. The zero-order valence-electron chi connectivity index (χ0n) is 20.8. The molecule has 0 radical (unpaired) electrons. The van der Waals surface area contributed by atoms with E-state index in [1.165, 1.54) is 35.4 Å². The summed E-state index contributed by atoms with van der Waals surface area (Å²) in [7, 11) is 0. The van der Waals surface area contributed by atoms with Gasteiger partial charge in [-0.2, -0.15) is 0 Å². The predicted octanol–water partition coefficient (Wildman–Crippen LogP) is 6.90. The van der Waals surface area contributed by atoms with Gasteiger partial charge in [-0.15, -0.1) is 13.2 Å². The zero-order valence-corrected chi connectivity index (χ0v) is 20.8. The number of benzene rings is 3. The Morgan fingerprint density at radius 2 is 1.87 bits per heavy atom. The van der Waals surface area contributed by atoms with Crippen molar-refractivity contribution in [1.29, 1.82) is 0 Å². The third-order valence-corrected chi connectivity index (χ3v) is 6.93. The number of carbonyl (C=O) groups excluding carboxylic acids is 2. The van der Waals surface area contributed by atoms with Crippen molar-refractivity contribution in [2.75, 3.05) is 11.5 Å². The Hall–Kier alpha value is -4.07.